The van der Waals surface area contributed by atoms with E-state index in [0.29, 0.717) is 12.1 Å². The Kier molecular flexibility index (Phi) is 7.07. The molecule has 0 aliphatic rings. The molecule has 1 heterocycles. The molecule has 0 bridgehead atoms. The quantitative estimate of drug-likeness (QED) is 0.281. The van der Waals surface area contributed by atoms with Gasteiger partial charge in [0.1, 0.15) is 5.82 Å². The van der Waals surface area contributed by atoms with Crippen LogP contribution in [0, 0.1) is 0 Å². The van der Waals surface area contributed by atoms with Crippen molar-refractivity contribution in [3.8, 4) is 17.2 Å². The van der Waals surface area contributed by atoms with Crippen molar-refractivity contribution in [2.45, 2.75) is 25.7 Å². The Hall–Kier alpha value is -3.69. The first-order chi connectivity index (χ1) is 14.8. The largest absolute Gasteiger partial charge is 0.491 e. The van der Waals surface area contributed by atoms with Crippen LogP contribution in [0.4, 0.5) is 32.3 Å². The number of rotatable bonds is 6. The SMILES string of the molecule is CCc1nc(NNC)nc(=O)n1-c1ccc(OC(=O)C(F)(F)F)c(OC(=O)C(F)(F)F)c1. The van der Waals surface area contributed by atoms with Crippen LogP contribution in [0.5, 0.6) is 11.5 Å². The van der Waals surface area contributed by atoms with Gasteiger partial charge in [-0.25, -0.2) is 24.4 Å². The third kappa shape index (κ3) is 5.71. The van der Waals surface area contributed by atoms with Gasteiger partial charge in [0, 0.05) is 19.5 Å². The van der Waals surface area contributed by atoms with E-state index in [1.807, 2.05) is 0 Å². The van der Waals surface area contributed by atoms with E-state index in [4.69, 9.17) is 0 Å². The minimum atomic E-state index is -5.52. The molecular formula is C16H13F6N5O5. The number of hydrogen-bond acceptors (Lipinski definition) is 9. The molecule has 0 spiro atoms. The van der Waals surface area contributed by atoms with Crippen LogP contribution >= 0.6 is 0 Å². The number of alkyl halides is 6. The number of carbonyl (C=O) groups excluding carboxylic acids is 2. The maximum absolute atomic E-state index is 12.6. The van der Waals surface area contributed by atoms with Gasteiger partial charge < -0.3 is 9.47 Å². The van der Waals surface area contributed by atoms with E-state index in [0.717, 1.165) is 10.6 Å². The summed E-state index contributed by atoms with van der Waals surface area (Å²) in [5, 5.41) is 0. The summed E-state index contributed by atoms with van der Waals surface area (Å²) in [5.41, 5.74) is 3.69. The number of nitrogens with zero attached hydrogens (tertiary/aromatic N) is 3. The molecule has 2 rings (SSSR count). The molecule has 10 nitrogen and oxygen atoms in total. The standard InChI is InChI=1S/C16H13F6N5O5/c1-3-10-24-13(26-23-2)25-14(30)27(10)7-4-5-8(31-11(28)15(17,18)19)9(6-7)32-12(29)16(20,21)22/h4-6,23H,3H2,1-2H3,(H,25,26,30). The van der Waals surface area contributed by atoms with E-state index >= 15 is 0 Å². The Bertz CT molecular complexity index is 1080. The lowest BCUT2D eigenvalue weighted by Gasteiger charge is -2.16. The maximum Gasteiger partial charge on any atom is 0.491 e. The number of halogens is 6. The topological polar surface area (TPSA) is 124 Å². The van der Waals surface area contributed by atoms with Gasteiger partial charge in [0.15, 0.2) is 11.5 Å². The summed E-state index contributed by atoms with van der Waals surface area (Å²) >= 11 is 0. The Balaban J connectivity index is 2.62. The molecule has 0 atom stereocenters. The summed E-state index contributed by atoms with van der Waals surface area (Å²) in [6.45, 7) is 1.57. The van der Waals surface area contributed by atoms with Crippen LogP contribution in [0.2, 0.25) is 0 Å². The van der Waals surface area contributed by atoms with Gasteiger partial charge in [-0.3, -0.25) is 5.43 Å². The van der Waals surface area contributed by atoms with Crippen molar-refractivity contribution in [2.24, 2.45) is 0 Å². The highest BCUT2D eigenvalue weighted by Gasteiger charge is 2.44. The molecule has 0 aliphatic heterocycles. The molecule has 16 heteroatoms. The number of anilines is 1. The first kappa shape index (κ1) is 24.6. The summed E-state index contributed by atoms with van der Waals surface area (Å²) in [6.07, 6.45) is -10.9. The van der Waals surface area contributed by atoms with Gasteiger partial charge >= 0.3 is 30.0 Å². The van der Waals surface area contributed by atoms with Crippen LogP contribution in [0.15, 0.2) is 23.0 Å². The molecule has 0 saturated carbocycles. The number of aryl methyl sites for hydroxylation is 1. The molecule has 1 aromatic carbocycles. The predicted molar refractivity (Wildman–Crippen MR) is 93.1 cm³/mol. The average Bonchev–Trinajstić information content (AvgIpc) is 2.67. The Labute approximate surface area is 174 Å². The molecule has 32 heavy (non-hydrogen) atoms. The summed E-state index contributed by atoms with van der Waals surface area (Å²) in [5.74, 6) is -8.01. The van der Waals surface area contributed by atoms with E-state index in [2.05, 4.69) is 30.3 Å². The summed E-state index contributed by atoms with van der Waals surface area (Å²) in [6, 6.07) is 2.14. The fourth-order valence-corrected chi connectivity index (χ4v) is 2.23. The van der Waals surface area contributed by atoms with Crippen molar-refractivity contribution in [3.05, 3.63) is 34.5 Å². The van der Waals surface area contributed by atoms with E-state index in [1.165, 1.54) is 7.05 Å². The molecule has 0 fully saturated rings. The van der Waals surface area contributed by atoms with E-state index in [-0.39, 0.29) is 23.9 Å². The number of hydrazine groups is 1. The van der Waals surface area contributed by atoms with Gasteiger partial charge in [-0.15, -0.1) is 0 Å². The number of hydrogen-bond donors (Lipinski definition) is 2. The normalized spacial score (nSPS) is 11.8. The van der Waals surface area contributed by atoms with Crippen molar-refractivity contribution in [3.63, 3.8) is 0 Å². The van der Waals surface area contributed by atoms with Crippen LogP contribution in [0.1, 0.15) is 12.7 Å². The lowest BCUT2D eigenvalue weighted by Crippen LogP contribution is -2.31. The Morgan fingerprint density at radius 2 is 1.56 bits per heavy atom. The second-order valence-corrected chi connectivity index (χ2v) is 5.72. The highest BCUT2D eigenvalue weighted by atomic mass is 19.4. The number of aromatic nitrogens is 3. The zero-order valence-electron chi connectivity index (χ0n) is 16.1. The first-order valence-corrected chi connectivity index (χ1v) is 8.43. The van der Waals surface area contributed by atoms with Gasteiger partial charge in [-0.05, 0) is 12.1 Å². The molecule has 1 aromatic heterocycles. The molecule has 0 saturated heterocycles. The van der Waals surface area contributed by atoms with Crippen LogP contribution in [-0.2, 0) is 16.0 Å². The van der Waals surface area contributed by atoms with Gasteiger partial charge in [-0.1, -0.05) is 6.92 Å². The molecule has 0 amide bonds. The third-order valence-electron chi connectivity index (χ3n) is 3.49. The maximum atomic E-state index is 12.6. The molecule has 0 unspecified atom stereocenters. The van der Waals surface area contributed by atoms with Gasteiger partial charge in [0.05, 0.1) is 5.69 Å². The molecule has 174 valence electrons. The highest BCUT2D eigenvalue weighted by molar-refractivity contribution is 5.81. The van der Waals surface area contributed by atoms with Crippen molar-refractivity contribution >= 4 is 17.9 Å². The average molecular weight is 469 g/mol. The van der Waals surface area contributed by atoms with Gasteiger partial charge in [0.25, 0.3) is 0 Å². The van der Waals surface area contributed by atoms with Crippen LogP contribution in [-0.4, -0.2) is 45.9 Å². The van der Waals surface area contributed by atoms with Crippen LogP contribution in [0.25, 0.3) is 5.69 Å². The van der Waals surface area contributed by atoms with Gasteiger partial charge in [-0.2, -0.15) is 36.3 Å². The minimum absolute atomic E-state index is 0.0379. The van der Waals surface area contributed by atoms with E-state index < -0.39 is 41.5 Å². The number of nitrogens with one attached hydrogen (secondary N) is 2. The monoisotopic (exact) mass is 469 g/mol. The third-order valence-corrected chi connectivity index (χ3v) is 3.49. The highest BCUT2D eigenvalue weighted by Crippen LogP contribution is 2.33. The first-order valence-electron chi connectivity index (χ1n) is 8.43. The minimum Gasteiger partial charge on any atom is -0.416 e. The molecule has 0 radical (unpaired) electrons. The Morgan fingerprint density at radius 3 is 2.06 bits per heavy atom. The molecule has 2 aromatic rings. The fraction of sp³-hybridized carbons (Fsp3) is 0.312. The summed E-state index contributed by atoms with van der Waals surface area (Å²) in [7, 11) is 1.46. The van der Waals surface area contributed by atoms with Gasteiger partial charge in [0.2, 0.25) is 5.95 Å². The summed E-state index contributed by atoms with van der Waals surface area (Å²) in [4.78, 5) is 42.3. The summed E-state index contributed by atoms with van der Waals surface area (Å²) < 4.78 is 84.1. The molecular weight excluding hydrogens is 456 g/mol. The van der Waals surface area contributed by atoms with Crippen LogP contribution in [0.3, 0.4) is 0 Å². The number of benzene rings is 1. The van der Waals surface area contributed by atoms with E-state index in [9.17, 15) is 40.7 Å². The second kappa shape index (κ2) is 9.21. The van der Waals surface area contributed by atoms with Crippen molar-refractivity contribution in [1.29, 1.82) is 0 Å². The fourth-order valence-electron chi connectivity index (χ4n) is 2.23. The zero-order chi connectivity index (χ0) is 24.3. The van der Waals surface area contributed by atoms with E-state index in [1.54, 1.807) is 6.92 Å². The lowest BCUT2D eigenvalue weighted by molar-refractivity contribution is -0.191. The lowest BCUT2D eigenvalue weighted by atomic mass is 10.2. The zero-order valence-corrected chi connectivity index (χ0v) is 16.1. The predicted octanol–water partition coefficient (Wildman–Crippen LogP) is 1.67. The number of carbonyl (C=O) groups is 2. The van der Waals surface area contributed by atoms with Crippen molar-refractivity contribution in [2.75, 3.05) is 12.5 Å². The van der Waals surface area contributed by atoms with Crippen molar-refractivity contribution < 1.29 is 45.4 Å². The van der Waals surface area contributed by atoms with Crippen molar-refractivity contribution in [1.82, 2.24) is 20.0 Å². The second-order valence-electron chi connectivity index (χ2n) is 5.72. The molecule has 0 aliphatic carbocycles. The van der Waals surface area contributed by atoms with Crippen LogP contribution < -0.4 is 26.0 Å². The number of ether oxygens (including phenoxy) is 2. The molecule has 2 N–H and O–H groups in total. The number of esters is 2. The smallest absolute Gasteiger partial charge is 0.416 e. The Morgan fingerprint density at radius 1 is 1.00 bits per heavy atom.